The molecular weight excluding hydrogens is 275 g/mol. The number of para-hydroxylation sites is 1. The fraction of sp³-hybridized carbons (Fsp3) is 0.154. The molecule has 2 N–H and O–H groups in total. The highest BCUT2D eigenvalue weighted by Crippen LogP contribution is 2.31. The van der Waals surface area contributed by atoms with E-state index in [0.717, 1.165) is 6.07 Å². The molecule has 0 spiro atoms. The molecule has 0 saturated carbocycles. The van der Waals surface area contributed by atoms with Gasteiger partial charge in [-0.05, 0) is 18.2 Å². The highest BCUT2D eigenvalue weighted by atomic mass is 19.4. The van der Waals surface area contributed by atoms with Crippen LogP contribution >= 0.6 is 0 Å². The molecule has 0 fully saturated rings. The molecule has 20 heavy (non-hydrogen) atoms. The lowest BCUT2D eigenvalue weighted by Gasteiger charge is -2.12. The van der Waals surface area contributed by atoms with Crippen molar-refractivity contribution in [2.75, 3.05) is 0 Å². The highest BCUT2D eigenvalue weighted by Gasteiger charge is 2.32. The van der Waals surface area contributed by atoms with Gasteiger partial charge in [-0.2, -0.15) is 0 Å². The van der Waals surface area contributed by atoms with E-state index < -0.39 is 17.7 Å². The Morgan fingerprint density at radius 2 is 1.80 bits per heavy atom. The van der Waals surface area contributed by atoms with Crippen LogP contribution in [0.3, 0.4) is 0 Å². The molecule has 0 aliphatic heterocycles. The average Bonchev–Trinajstić information content (AvgIpc) is 2.38. The number of nitrogens with one attached hydrogen (secondary N) is 1. The maximum atomic E-state index is 12.3. The maximum absolute atomic E-state index is 12.3. The van der Waals surface area contributed by atoms with Gasteiger partial charge >= 0.3 is 6.36 Å². The average molecular weight is 285 g/mol. The third-order valence-electron chi connectivity index (χ3n) is 2.54. The molecule has 1 heterocycles. The molecule has 0 unspecified atom stereocenters. The Kier molecular flexibility index (Phi) is 3.80. The van der Waals surface area contributed by atoms with Crippen LogP contribution in [0.5, 0.6) is 5.75 Å². The third kappa shape index (κ3) is 3.18. The number of hydrogen-bond donors (Lipinski definition) is 2. The topological polar surface area (TPSA) is 62.3 Å². The Balaban J connectivity index is 2.50. The lowest BCUT2D eigenvalue weighted by molar-refractivity contribution is -0.274. The smallest absolute Gasteiger partial charge is 0.405 e. The molecule has 1 aromatic carbocycles. The molecule has 0 saturated heterocycles. The molecule has 0 aliphatic carbocycles. The Labute approximate surface area is 111 Å². The summed E-state index contributed by atoms with van der Waals surface area (Å²) in [6, 6.07) is 8.11. The number of hydrogen-bond acceptors (Lipinski definition) is 3. The number of aromatic amines is 1. The second-order valence-corrected chi connectivity index (χ2v) is 3.93. The zero-order valence-corrected chi connectivity index (χ0v) is 10.1. The van der Waals surface area contributed by atoms with Crippen LogP contribution in [0.4, 0.5) is 13.2 Å². The van der Waals surface area contributed by atoms with Crippen molar-refractivity contribution in [3.05, 3.63) is 52.4 Å². The van der Waals surface area contributed by atoms with E-state index in [4.69, 9.17) is 5.11 Å². The lowest BCUT2D eigenvalue weighted by Crippen LogP contribution is -2.18. The highest BCUT2D eigenvalue weighted by molar-refractivity contribution is 5.69. The molecule has 7 heteroatoms. The summed E-state index contributed by atoms with van der Waals surface area (Å²) < 4.78 is 40.8. The molecule has 0 radical (unpaired) electrons. The maximum Gasteiger partial charge on any atom is 0.573 e. The minimum Gasteiger partial charge on any atom is -0.405 e. The standard InChI is InChI=1S/C13H10F3NO3/c14-13(15,16)20-11-4-2-1-3-9(11)10-6-5-8(7-18)17-12(10)19/h1-6,18H,7H2,(H,17,19). The fourth-order valence-electron chi connectivity index (χ4n) is 1.72. The molecule has 2 aromatic rings. The van der Waals surface area contributed by atoms with E-state index in [0.29, 0.717) is 0 Å². The molecule has 0 bridgehead atoms. The molecule has 0 atom stereocenters. The molecule has 4 nitrogen and oxygen atoms in total. The van der Waals surface area contributed by atoms with Crippen LogP contribution in [0.25, 0.3) is 11.1 Å². The number of ether oxygens (including phenoxy) is 1. The Hall–Kier alpha value is -2.28. The minimum absolute atomic E-state index is 0.0237. The van der Waals surface area contributed by atoms with Gasteiger partial charge in [0.15, 0.2) is 0 Å². The second kappa shape index (κ2) is 5.38. The predicted molar refractivity (Wildman–Crippen MR) is 65.1 cm³/mol. The molecule has 106 valence electrons. The van der Waals surface area contributed by atoms with Crippen LogP contribution in [0.2, 0.25) is 0 Å². The fourth-order valence-corrected chi connectivity index (χ4v) is 1.72. The first-order valence-electron chi connectivity index (χ1n) is 5.59. The van der Waals surface area contributed by atoms with E-state index >= 15 is 0 Å². The summed E-state index contributed by atoms with van der Waals surface area (Å²) in [5.74, 6) is -0.456. The monoisotopic (exact) mass is 285 g/mol. The lowest BCUT2D eigenvalue weighted by atomic mass is 10.1. The van der Waals surface area contributed by atoms with Gasteiger partial charge in [-0.15, -0.1) is 13.2 Å². The van der Waals surface area contributed by atoms with Crippen molar-refractivity contribution in [1.82, 2.24) is 4.98 Å². The number of benzene rings is 1. The van der Waals surface area contributed by atoms with Gasteiger partial charge in [0.05, 0.1) is 12.2 Å². The first-order valence-corrected chi connectivity index (χ1v) is 5.59. The normalized spacial score (nSPS) is 11.4. The van der Waals surface area contributed by atoms with Gasteiger partial charge in [-0.3, -0.25) is 4.79 Å². The second-order valence-electron chi connectivity index (χ2n) is 3.93. The summed E-state index contributed by atoms with van der Waals surface area (Å²) in [6.07, 6.45) is -4.84. The van der Waals surface area contributed by atoms with Gasteiger partial charge in [0, 0.05) is 11.3 Å². The van der Waals surface area contributed by atoms with E-state index in [-0.39, 0.29) is 23.4 Å². The quantitative estimate of drug-likeness (QED) is 0.910. The zero-order chi connectivity index (χ0) is 14.8. The van der Waals surface area contributed by atoms with Crippen molar-refractivity contribution in [2.45, 2.75) is 13.0 Å². The summed E-state index contributed by atoms with van der Waals surface area (Å²) in [7, 11) is 0. The number of aliphatic hydroxyl groups excluding tert-OH is 1. The van der Waals surface area contributed by atoms with Crippen molar-refractivity contribution in [1.29, 1.82) is 0 Å². The molecule has 0 amide bonds. The SMILES string of the molecule is O=c1[nH]c(CO)ccc1-c1ccccc1OC(F)(F)F. The number of aromatic nitrogens is 1. The summed E-state index contributed by atoms with van der Waals surface area (Å²) in [6.45, 7) is -0.365. The van der Waals surface area contributed by atoms with Crippen molar-refractivity contribution in [3.8, 4) is 16.9 Å². The Morgan fingerprint density at radius 1 is 1.10 bits per heavy atom. The first-order chi connectivity index (χ1) is 9.40. The summed E-state index contributed by atoms with van der Waals surface area (Å²) >= 11 is 0. The molecule has 1 aromatic heterocycles. The third-order valence-corrected chi connectivity index (χ3v) is 2.54. The van der Waals surface area contributed by atoms with Crippen LogP contribution in [0.1, 0.15) is 5.69 Å². The molecule has 2 rings (SSSR count). The molecular formula is C13H10F3NO3. The van der Waals surface area contributed by atoms with Gasteiger partial charge in [-0.1, -0.05) is 18.2 Å². The van der Waals surface area contributed by atoms with Gasteiger partial charge in [0.25, 0.3) is 5.56 Å². The first kappa shape index (κ1) is 14.1. The Bertz CT molecular complexity index is 664. The molecule has 0 aliphatic rings. The summed E-state index contributed by atoms with van der Waals surface area (Å²) in [4.78, 5) is 14.2. The largest absolute Gasteiger partial charge is 0.573 e. The summed E-state index contributed by atoms with van der Waals surface area (Å²) in [5, 5.41) is 8.89. The number of rotatable bonds is 3. The number of halogens is 3. The summed E-state index contributed by atoms with van der Waals surface area (Å²) in [5.41, 5.74) is -0.277. The minimum atomic E-state index is -4.84. The van der Waals surface area contributed by atoms with Crippen molar-refractivity contribution >= 4 is 0 Å². The van der Waals surface area contributed by atoms with Gasteiger partial charge in [0.1, 0.15) is 5.75 Å². The van der Waals surface area contributed by atoms with E-state index in [1.54, 1.807) is 0 Å². The number of H-pyrrole nitrogens is 1. The predicted octanol–water partition coefficient (Wildman–Crippen LogP) is 2.43. The van der Waals surface area contributed by atoms with E-state index in [1.807, 2.05) is 0 Å². The van der Waals surface area contributed by atoms with Crippen LogP contribution in [-0.2, 0) is 6.61 Å². The van der Waals surface area contributed by atoms with Crippen molar-refractivity contribution in [2.24, 2.45) is 0 Å². The van der Waals surface area contributed by atoms with Gasteiger partial charge in [-0.25, -0.2) is 0 Å². The van der Waals surface area contributed by atoms with E-state index in [2.05, 4.69) is 9.72 Å². The van der Waals surface area contributed by atoms with Crippen molar-refractivity contribution < 1.29 is 23.0 Å². The van der Waals surface area contributed by atoms with Crippen LogP contribution < -0.4 is 10.3 Å². The number of pyridine rings is 1. The Morgan fingerprint density at radius 3 is 2.40 bits per heavy atom. The van der Waals surface area contributed by atoms with Gasteiger partial charge < -0.3 is 14.8 Å². The van der Waals surface area contributed by atoms with Crippen LogP contribution in [0.15, 0.2) is 41.2 Å². The van der Waals surface area contributed by atoms with Crippen molar-refractivity contribution in [3.63, 3.8) is 0 Å². The van der Waals surface area contributed by atoms with E-state index in [9.17, 15) is 18.0 Å². The van der Waals surface area contributed by atoms with Crippen LogP contribution in [0, 0.1) is 0 Å². The zero-order valence-electron chi connectivity index (χ0n) is 10.1. The number of aliphatic hydroxyl groups is 1. The van der Waals surface area contributed by atoms with E-state index in [1.165, 1.54) is 30.3 Å². The van der Waals surface area contributed by atoms with Gasteiger partial charge in [0.2, 0.25) is 0 Å². The van der Waals surface area contributed by atoms with Crippen LogP contribution in [-0.4, -0.2) is 16.5 Å². The number of alkyl halides is 3.